The van der Waals surface area contributed by atoms with Crippen molar-refractivity contribution in [3.63, 3.8) is 0 Å². The van der Waals surface area contributed by atoms with Crippen LogP contribution < -0.4 is 5.32 Å². The first-order valence-electron chi connectivity index (χ1n) is 4.53. The number of nitrogens with zero attached hydrogens (tertiary/aromatic N) is 3. The maximum Gasteiger partial charge on any atom is 0.270 e. The van der Waals surface area contributed by atoms with E-state index in [2.05, 4.69) is 25.9 Å². The van der Waals surface area contributed by atoms with Crippen molar-refractivity contribution in [2.75, 3.05) is 5.32 Å². The van der Waals surface area contributed by atoms with E-state index < -0.39 is 0 Å². The lowest BCUT2D eigenvalue weighted by molar-refractivity contribution is -0.111. The number of aromatic amines is 1. The lowest BCUT2D eigenvalue weighted by atomic mass is 10.4. The second-order valence-electron chi connectivity index (χ2n) is 3.01. The number of aryl methyl sites for hydroxylation is 1. The van der Waals surface area contributed by atoms with Crippen molar-refractivity contribution in [1.82, 2.24) is 20.6 Å². The zero-order chi connectivity index (χ0) is 11.4. The van der Waals surface area contributed by atoms with Crippen LogP contribution in [0.3, 0.4) is 0 Å². The number of rotatable bonds is 3. The number of hydrogen-bond donors (Lipinski definition) is 2. The van der Waals surface area contributed by atoms with E-state index in [0.29, 0.717) is 5.76 Å². The molecule has 0 unspecified atom stereocenters. The Bertz CT molecular complexity index is 500. The van der Waals surface area contributed by atoms with Crippen molar-refractivity contribution < 1.29 is 9.21 Å². The topological polar surface area (TPSA) is 96.7 Å². The summed E-state index contributed by atoms with van der Waals surface area (Å²) in [6.45, 7) is 1.83. The minimum Gasteiger partial charge on any atom is -0.462 e. The molecule has 0 aliphatic rings. The molecule has 7 nitrogen and oxygen atoms in total. The summed E-state index contributed by atoms with van der Waals surface area (Å²) in [4.78, 5) is 11.3. The molecule has 2 aromatic heterocycles. The number of nitrogens with one attached hydrogen (secondary N) is 2. The summed E-state index contributed by atoms with van der Waals surface area (Å²) in [5.41, 5.74) is 0. The number of amides is 1. The van der Waals surface area contributed by atoms with Crippen LogP contribution in [0.5, 0.6) is 0 Å². The quantitative estimate of drug-likeness (QED) is 0.742. The molecule has 0 aliphatic heterocycles. The molecule has 2 rings (SSSR count). The highest BCUT2D eigenvalue weighted by molar-refractivity contribution is 6.00. The molecule has 2 N–H and O–H groups in total. The smallest absolute Gasteiger partial charge is 0.270 e. The molecular weight excluding hydrogens is 210 g/mol. The molecule has 0 radical (unpaired) electrons. The highest BCUT2D eigenvalue weighted by atomic mass is 16.3. The average Bonchev–Trinajstić information content (AvgIpc) is 2.87. The largest absolute Gasteiger partial charge is 0.462 e. The van der Waals surface area contributed by atoms with Crippen molar-refractivity contribution in [1.29, 1.82) is 0 Å². The van der Waals surface area contributed by atoms with Crippen LogP contribution >= 0.6 is 0 Å². The summed E-state index contributed by atoms with van der Waals surface area (Å²) in [5.74, 6) is 1.18. The van der Waals surface area contributed by atoms with E-state index in [1.807, 2.05) is 13.0 Å². The van der Waals surface area contributed by atoms with Gasteiger partial charge in [-0.1, -0.05) is 5.10 Å². The monoisotopic (exact) mass is 219 g/mol. The molecule has 0 fully saturated rings. The zero-order valence-electron chi connectivity index (χ0n) is 8.47. The van der Waals surface area contributed by atoms with Gasteiger partial charge in [-0.25, -0.2) is 0 Å². The molecule has 2 heterocycles. The van der Waals surface area contributed by atoms with Gasteiger partial charge in [-0.3, -0.25) is 10.1 Å². The Kier molecular flexibility index (Phi) is 2.77. The second kappa shape index (κ2) is 4.39. The lowest BCUT2D eigenvalue weighted by Crippen LogP contribution is -2.08. The first kappa shape index (κ1) is 10.1. The van der Waals surface area contributed by atoms with Gasteiger partial charge in [0.05, 0.1) is 0 Å². The Balaban J connectivity index is 1.94. The standard InChI is InChI=1S/C9H9N5O2/c1-6-2-3-7(16-6)4-5-8(15)10-9-11-13-14-12-9/h2-5H,1H3,(H2,10,11,12,13,14,15)/b5-4+. The maximum absolute atomic E-state index is 11.3. The number of furan rings is 1. The minimum atomic E-state index is -0.351. The summed E-state index contributed by atoms with van der Waals surface area (Å²) < 4.78 is 5.25. The first-order chi connectivity index (χ1) is 7.74. The van der Waals surface area contributed by atoms with Gasteiger partial charge in [0, 0.05) is 6.08 Å². The predicted molar refractivity (Wildman–Crippen MR) is 55.3 cm³/mol. The Hall–Kier alpha value is -2.44. The summed E-state index contributed by atoms with van der Waals surface area (Å²) >= 11 is 0. The van der Waals surface area contributed by atoms with Crippen LogP contribution in [-0.2, 0) is 4.79 Å². The molecule has 16 heavy (non-hydrogen) atoms. The van der Waals surface area contributed by atoms with Crippen LogP contribution in [-0.4, -0.2) is 26.5 Å². The van der Waals surface area contributed by atoms with Gasteiger partial charge in [0.2, 0.25) is 0 Å². The Morgan fingerprint density at radius 3 is 3.06 bits per heavy atom. The van der Waals surface area contributed by atoms with Gasteiger partial charge in [0.1, 0.15) is 11.5 Å². The van der Waals surface area contributed by atoms with Crippen LogP contribution in [0.4, 0.5) is 5.95 Å². The summed E-state index contributed by atoms with van der Waals surface area (Å²) in [5, 5.41) is 15.1. The fourth-order valence-corrected chi connectivity index (χ4v) is 1.07. The molecule has 1 amide bonds. The van der Waals surface area contributed by atoms with Gasteiger partial charge in [0.15, 0.2) is 0 Å². The summed E-state index contributed by atoms with van der Waals surface area (Å²) in [6.07, 6.45) is 2.89. The molecule has 82 valence electrons. The van der Waals surface area contributed by atoms with Crippen LogP contribution in [0.25, 0.3) is 6.08 Å². The SMILES string of the molecule is Cc1ccc(/C=C/C(=O)Nc2nn[nH]n2)o1. The molecule has 0 saturated heterocycles. The second-order valence-corrected chi connectivity index (χ2v) is 3.01. The Morgan fingerprint density at radius 2 is 2.44 bits per heavy atom. The molecule has 7 heteroatoms. The Morgan fingerprint density at radius 1 is 1.56 bits per heavy atom. The van der Waals surface area contributed by atoms with Crippen molar-refractivity contribution in [3.05, 3.63) is 29.7 Å². The highest BCUT2D eigenvalue weighted by Gasteiger charge is 2.01. The van der Waals surface area contributed by atoms with Crippen LogP contribution in [0, 0.1) is 6.92 Å². The minimum absolute atomic E-state index is 0.130. The van der Waals surface area contributed by atoms with E-state index >= 15 is 0 Å². The molecule has 0 aliphatic carbocycles. The van der Waals surface area contributed by atoms with Gasteiger partial charge >= 0.3 is 0 Å². The molecule has 0 spiro atoms. The van der Waals surface area contributed by atoms with Gasteiger partial charge in [-0.2, -0.15) is 5.21 Å². The van der Waals surface area contributed by atoms with E-state index in [-0.39, 0.29) is 11.9 Å². The normalized spacial score (nSPS) is 10.8. The van der Waals surface area contributed by atoms with Crippen molar-refractivity contribution in [3.8, 4) is 0 Å². The number of H-pyrrole nitrogens is 1. The zero-order valence-corrected chi connectivity index (χ0v) is 8.47. The van der Waals surface area contributed by atoms with Gasteiger partial charge in [-0.05, 0) is 30.3 Å². The summed E-state index contributed by atoms with van der Waals surface area (Å²) in [7, 11) is 0. The van der Waals surface area contributed by atoms with E-state index in [0.717, 1.165) is 5.76 Å². The third-order valence-corrected chi connectivity index (χ3v) is 1.74. The fraction of sp³-hybridized carbons (Fsp3) is 0.111. The van der Waals surface area contributed by atoms with Crippen molar-refractivity contribution in [2.45, 2.75) is 6.92 Å². The first-order valence-corrected chi connectivity index (χ1v) is 4.53. The third kappa shape index (κ3) is 2.53. The third-order valence-electron chi connectivity index (χ3n) is 1.74. The van der Waals surface area contributed by atoms with Crippen molar-refractivity contribution in [2.24, 2.45) is 0 Å². The van der Waals surface area contributed by atoms with Crippen LogP contribution in [0.1, 0.15) is 11.5 Å². The molecule has 2 aromatic rings. The van der Waals surface area contributed by atoms with E-state index in [1.54, 1.807) is 12.1 Å². The molecular formula is C9H9N5O2. The maximum atomic E-state index is 11.3. The average molecular weight is 219 g/mol. The number of aromatic nitrogens is 4. The number of carbonyl (C=O) groups is 1. The van der Waals surface area contributed by atoms with Gasteiger partial charge in [0.25, 0.3) is 11.9 Å². The molecule has 0 aromatic carbocycles. The number of carbonyl (C=O) groups excluding carboxylic acids is 1. The highest BCUT2D eigenvalue weighted by Crippen LogP contribution is 2.07. The van der Waals surface area contributed by atoms with Crippen LogP contribution in [0.15, 0.2) is 22.6 Å². The molecule has 0 atom stereocenters. The fourth-order valence-electron chi connectivity index (χ4n) is 1.07. The van der Waals surface area contributed by atoms with E-state index in [1.165, 1.54) is 6.08 Å². The summed E-state index contributed by atoms with van der Waals surface area (Å²) in [6, 6.07) is 3.59. The van der Waals surface area contributed by atoms with E-state index in [9.17, 15) is 4.79 Å². The predicted octanol–water partition coefficient (Wildman–Crippen LogP) is 0.753. The van der Waals surface area contributed by atoms with Crippen molar-refractivity contribution >= 4 is 17.9 Å². The Labute approximate surface area is 90.5 Å². The number of anilines is 1. The molecule has 0 saturated carbocycles. The number of hydrogen-bond acceptors (Lipinski definition) is 5. The van der Waals surface area contributed by atoms with E-state index in [4.69, 9.17) is 4.42 Å². The lowest BCUT2D eigenvalue weighted by Gasteiger charge is -1.91. The van der Waals surface area contributed by atoms with Gasteiger partial charge < -0.3 is 4.42 Å². The van der Waals surface area contributed by atoms with Gasteiger partial charge in [-0.15, -0.1) is 5.10 Å². The number of tetrazole rings is 1. The molecule has 0 bridgehead atoms. The van der Waals surface area contributed by atoms with Crippen LogP contribution in [0.2, 0.25) is 0 Å².